The van der Waals surface area contributed by atoms with Crippen LogP contribution in [0.2, 0.25) is 0 Å². The molecule has 1 aromatic carbocycles. The van der Waals surface area contributed by atoms with Gasteiger partial charge in [0.15, 0.2) is 5.96 Å². The molecule has 1 aliphatic heterocycles. The monoisotopic (exact) mass is 496 g/mol. The van der Waals surface area contributed by atoms with Crippen molar-refractivity contribution in [3.8, 4) is 0 Å². The number of hydrogen-bond acceptors (Lipinski definition) is 3. The van der Waals surface area contributed by atoms with Crippen LogP contribution in [0.15, 0.2) is 29.3 Å². The summed E-state index contributed by atoms with van der Waals surface area (Å²) in [6.45, 7) is 0.395. The van der Waals surface area contributed by atoms with Crippen molar-refractivity contribution in [2.75, 3.05) is 26.7 Å². The van der Waals surface area contributed by atoms with E-state index < -0.39 is 12.7 Å². The van der Waals surface area contributed by atoms with Gasteiger partial charge < -0.3 is 15.2 Å². The molecular weight excluding hydrogens is 472 g/mol. The summed E-state index contributed by atoms with van der Waals surface area (Å²) in [6.07, 6.45) is -3.50. The van der Waals surface area contributed by atoms with Crippen molar-refractivity contribution in [1.82, 2.24) is 25.1 Å². The highest BCUT2D eigenvalue weighted by Gasteiger charge is 2.34. The number of fused-ring (bicyclic) bond motifs is 1. The van der Waals surface area contributed by atoms with E-state index in [0.29, 0.717) is 32.0 Å². The van der Waals surface area contributed by atoms with Crippen molar-refractivity contribution in [3.05, 3.63) is 30.1 Å². The summed E-state index contributed by atoms with van der Waals surface area (Å²) < 4.78 is 39.5. The maximum Gasteiger partial charge on any atom is 0.401 e. The number of likely N-dealkylation sites (tertiary alicyclic amines) is 1. The van der Waals surface area contributed by atoms with Crippen LogP contribution in [-0.2, 0) is 13.6 Å². The molecule has 27 heavy (non-hydrogen) atoms. The molecule has 0 amide bonds. The van der Waals surface area contributed by atoms with Crippen molar-refractivity contribution in [2.45, 2.75) is 25.2 Å². The lowest BCUT2D eigenvalue weighted by molar-refractivity contribution is -0.143. The highest BCUT2D eigenvalue weighted by molar-refractivity contribution is 14.0. The summed E-state index contributed by atoms with van der Waals surface area (Å²) in [4.78, 5) is 10.2. The number of aliphatic imine (C=N–C) groups is 1. The Morgan fingerprint density at radius 2 is 2.07 bits per heavy atom. The van der Waals surface area contributed by atoms with Crippen molar-refractivity contribution >= 4 is 41.0 Å². The van der Waals surface area contributed by atoms with Crippen molar-refractivity contribution in [1.29, 1.82) is 0 Å². The Morgan fingerprint density at radius 3 is 2.74 bits per heavy atom. The van der Waals surface area contributed by atoms with Crippen LogP contribution in [-0.4, -0.2) is 59.3 Å². The highest BCUT2D eigenvalue weighted by atomic mass is 127. The average molecular weight is 496 g/mol. The van der Waals surface area contributed by atoms with Crippen LogP contribution in [0.25, 0.3) is 11.0 Å². The van der Waals surface area contributed by atoms with E-state index in [1.807, 2.05) is 35.9 Å². The Bertz CT molecular complexity index is 789. The summed E-state index contributed by atoms with van der Waals surface area (Å²) in [5.74, 6) is 1.43. The molecule has 0 aliphatic carbocycles. The SMILES string of the molecule is CN=C(NCc1nc2ccccc2n1C)NC1CCN(CC(F)(F)F)C1.I. The molecule has 10 heteroatoms. The van der Waals surface area contributed by atoms with Crippen LogP contribution in [0, 0.1) is 0 Å². The molecular formula is C17H24F3IN6. The number of hydrogen-bond donors (Lipinski definition) is 2. The molecule has 2 aromatic rings. The lowest BCUT2D eigenvalue weighted by atomic mass is 10.3. The van der Waals surface area contributed by atoms with Gasteiger partial charge in [0.25, 0.3) is 0 Å². The van der Waals surface area contributed by atoms with Gasteiger partial charge >= 0.3 is 6.18 Å². The Kier molecular flexibility index (Phi) is 7.32. The number of benzene rings is 1. The molecule has 1 atom stereocenters. The predicted molar refractivity (Wildman–Crippen MR) is 110 cm³/mol. The first-order chi connectivity index (χ1) is 12.4. The van der Waals surface area contributed by atoms with Crippen molar-refractivity contribution in [2.24, 2.45) is 12.0 Å². The summed E-state index contributed by atoms with van der Waals surface area (Å²) >= 11 is 0. The first-order valence-electron chi connectivity index (χ1n) is 8.52. The van der Waals surface area contributed by atoms with E-state index in [0.717, 1.165) is 16.9 Å². The van der Waals surface area contributed by atoms with E-state index in [4.69, 9.17) is 0 Å². The maximum absolute atomic E-state index is 12.5. The first kappa shape index (κ1) is 21.7. The fraction of sp³-hybridized carbons (Fsp3) is 0.529. The average Bonchev–Trinajstić information content (AvgIpc) is 3.14. The number of nitrogens with one attached hydrogen (secondary N) is 2. The van der Waals surface area contributed by atoms with Gasteiger partial charge in [-0.15, -0.1) is 24.0 Å². The van der Waals surface area contributed by atoms with E-state index in [2.05, 4.69) is 20.6 Å². The summed E-state index contributed by atoms with van der Waals surface area (Å²) in [6, 6.07) is 7.82. The number of guanidine groups is 1. The number of halogens is 4. The molecule has 6 nitrogen and oxygen atoms in total. The Labute approximate surface area is 173 Å². The van der Waals surface area contributed by atoms with Gasteiger partial charge in [-0.3, -0.25) is 9.89 Å². The number of aryl methyl sites for hydroxylation is 1. The maximum atomic E-state index is 12.5. The fourth-order valence-corrected chi connectivity index (χ4v) is 3.25. The number of nitrogens with zero attached hydrogens (tertiary/aromatic N) is 4. The molecule has 0 spiro atoms. The zero-order valence-electron chi connectivity index (χ0n) is 15.3. The fourth-order valence-electron chi connectivity index (χ4n) is 3.25. The quantitative estimate of drug-likeness (QED) is 0.388. The van der Waals surface area contributed by atoms with E-state index in [9.17, 15) is 13.2 Å². The molecule has 1 fully saturated rings. The minimum atomic E-state index is -4.16. The third kappa shape index (κ3) is 5.71. The molecule has 1 aliphatic rings. The standard InChI is InChI=1S/C17H23F3N6.HI/c1-21-16(23-12-7-8-26(10-12)11-17(18,19)20)22-9-15-24-13-5-3-4-6-14(13)25(15)2;/h3-6,12H,7-11H2,1-2H3,(H2,21,22,23);1H. The zero-order valence-corrected chi connectivity index (χ0v) is 17.6. The van der Waals surface area contributed by atoms with E-state index in [-0.39, 0.29) is 30.0 Å². The summed E-state index contributed by atoms with van der Waals surface area (Å²) in [7, 11) is 3.60. The second kappa shape index (κ2) is 9.09. The molecule has 2 N–H and O–H groups in total. The Balaban J connectivity index is 0.00000261. The lowest BCUT2D eigenvalue weighted by Gasteiger charge is -2.19. The van der Waals surface area contributed by atoms with Crippen LogP contribution >= 0.6 is 24.0 Å². The van der Waals surface area contributed by atoms with Gasteiger partial charge in [0.2, 0.25) is 0 Å². The normalized spacial score (nSPS) is 18.6. The van der Waals surface area contributed by atoms with Gasteiger partial charge in [-0.1, -0.05) is 12.1 Å². The molecule has 0 bridgehead atoms. The third-order valence-electron chi connectivity index (χ3n) is 4.53. The second-order valence-electron chi connectivity index (χ2n) is 6.48. The largest absolute Gasteiger partial charge is 0.401 e. The molecule has 150 valence electrons. The summed E-state index contributed by atoms with van der Waals surface area (Å²) in [5, 5.41) is 6.39. The second-order valence-corrected chi connectivity index (χ2v) is 6.48. The Morgan fingerprint density at radius 1 is 1.33 bits per heavy atom. The van der Waals surface area contributed by atoms with Gasteiger partial charge in [-0.2, -0.15) is 13.2 Å². The molecule has 1 unspecified atom stereocenters. The van der Waals surface area contributed by atoms with Crippen LogP contribution in [0.1, 0.15) is 12.2 Å². The van der Waals surface area contributed by atoms with E-state index >= 15 is 0 Å². The van der Waals surface area contributed by atoms with E-state index in [1.54, 1.807) is 7.05 Å². The summed E-state index contributed by atoms with van der Waals surface area (Å²) in [5.41, 5.74) is 1.97. The minimum absolute atomic E-state index is 0. The van der Waals surface area contributed by atoms with Gasteiger partial charge in [0, 0.05) is 33.2 Å². The number of alkyl halides is 3. The van der Waals surface area contributed by atoms with Crippen LogP contribution in [0.4, 0.5) is 13.2 Å². The van der Waals surface area contributed by atoms with Gasteiger partial charge in [-0.25, -0.2) is 4.98 Å². The molecule has 2 heterocycles. The highest BCUT2D eigenvalue weighted by Crippen LogP contribution is 2.20. The van der Waals surface area contributed by atoms with Gasteiger partial charge in [-0.05, 0) is 18.6 Å². The van der Waals surface area contributed by atoms with Crippen LogP contribution in [0.5, 0.6) is 0 Å². The zero-order chi connectivity index (χ0) is 18.7. The van der Waals surface area contributed by atoms with Gasteiger partial charge in [0.05, 0.1) is 24.1 Å². The van der Waals surface area contributed by atoms with Crippen LogP contribution in [0.3, 0.4) is 0 Å². The first-order valence-corrected chi connectivity index (χ1v) is 8.52. The number of rotatable bonds is 4. The number of aromatic nitrogens is 2. The molecule has 3 rings (SSSR count). The van der Waals surface area contributed by atoms with E-state index in [1.165, 1.54) is 4.90 Å². The molecule has 1 aromatic heterocycles. The minimum Gasteiger partial charge on any atom is -0.352 e. The lowest BCUT2D eigenvalue weighted by Crippen LogP contribution is -2.45. The molecule has 1 saturated heterocycles. The number of imidazole rings is 1. The van der Waals surface area contributed by atoms with Crippen molar-refractivity contribution in [3.63, 3.8) is 0 Å². The number of para-hydroxylation sites is 2. The smallest absolute Gasteiger partial charge is 0.352 e. The Hall–Kier alpha value is -1.56. The third-order valence-corrected chi connectivity index (χ3v) is 4.53. The predicted octanol–water partition coefficient (Wildman–Crippen LogP) is 2.49. The topological polar surface area (TPSA) is 57.5 Å². The molecule has 0 saturated carbocycles. The van der Waals surface area contributed by atoms with Crippen molar-refractivity contribution < 1.29 is 13.2 Å². The van der Waals surface area contributed by atoms with Crippen LogP contribution < -0.4 is 10.6 Å². The van der Waals surface area contributed by atoms with Gasteiger partial charge in [0.1, 0.15) is 5.82 Å². The molecule has 0 radical (unpaired) electrons.